The van der Waals surface area contributed by atoms with Crippen molar-refractivity contribution in [3.8, 4) is 22.5 Å². The molecule has 6 nitrogen and oxygen atoms in total. The van der Waals surface area contributed by atoms with E-state index in [1.54, 1.807) is 18.5 Å². The SMILES string of the molecule is C=C/C(=C\C(=C/C)c1ccc2[nH]nc(-c3cc4c(-c5cccc(F)c5)cncc4[nH]3)c2n1)CN1CCCCC1. The predicted molar refractivity (Wildman–Crippen MR) is 157 cm³/mol. The number of likely N-dealkylation sites (tertiary alicyclic amines) is 1. The van der Waals surface area contributed by atoms with Gasteiger partial charge in [-0.2, -0.15) is 5.10 Å². The zero-order chi connectivity index (χ0) is 26.8. The number of aromatic nitrogens is 5. The van der Waals surface area contributed by atoms with Crippen LogP contribution in [0.25, 0.3) is 50.0 Å². The lowest BCUT2D eigenvalue weighted by Crippen LogP contribution is -2.31. The Morgan fingerprint density at radius 1 is 1.08 bits per heavy atom. The molecule has 0 bridgehead atoms. The van der Waals surface area contributed by atoms with Crippen LogP contribution in [0.5, 0.6) is 0 Å². The van der Waals surface area contributed by atoms with Crippen LogP contribution in [-0.4, -0.2) is 49.7 Å². The van der Waals surface area contributed by atoms with E-state index in [0.717, 1.165) is 75.4 Å². The first kappa shape index (κ1) is 24.9. The largest absolute Gasteiger partial charge is 0.352 e. The number of piperidine rings is 1. The number of fused-ring (bicyclic) bond motifs is 2. The van der Waals surface area contributed by atoms with Crippen LogP contribution in [0.2, 0.25) is 0 Å². The second-order valence-corrected chi connectivity index (χ2v) is 10.0. The molecule has 0 spiro atoms. The molecule has 2 N–H and O–H groups in total. The van der Waals surface area contributed by atoms with E-state index in [0.29, 0.717) is 0 Å². The highest BCUT2D eigenvalue weighted by atomic mass is 19.1. The summed E-state index contributed by atoms with van der Waals surface area (Å²) in [5.74, 6) is -0.278. The summed E-state index contributed by atoms with van der Waals surface area (Å²) in [6.07, 6.45) is 13.6. The van der Waals surface area contributed by atoms with E-state index < -0.39 is 0 Å². The van der Waals surface area contributed by atoms with Crippen LogP contribution in [0, 0.1) is 5.82 Å². The molecule has 0 aliphatic carbocycles. The van der Waals surface area contributed by atoms with Gasteiger partial charge in [-0.1, -0.05) is 37.3 Å². The van der Waals surface area contributed by atoms with Crippen LogP contribution in [-0.2, 0) is 0 Å². The van der Waals surface area contributed by atoms with Crippen molar-refractivity contribution in [1.29, 1.82) is 0 Å². The summed E-state index contributed by atoms with van der Waals surface area (Å²) in [7, 11) is 0. The summed E-state index contributed by atoms with van der Waals surface area (Å²) >= 11 is 0. The van der Waals surface area contributed by atoms with Crippen molar-refractivity contribution in [1.82, 2.24) is 30.0 Å². The van der Waals surface area contributed by atoms with E-state index in [2.05, 4.69) is 43.8 Å². The summed E-state index contributed by atoms with van der Waals surface area (Å²) in [4.78, 5) is 15.4. The van der Waals surface area contributed by atoms with Gasteiger partial charge in [-0.05, 0) is 86.0 Å². The Morgan fingerprint density at radius 3 is 2.74 bits per heavy atom. The molecule has 6 rings (SSSR count). The summed E-state index contributed by atoms with van der Waals surface area (Å²) in [5, 5.41) is 8.67. The molecule has 0 saturated carbocycles. The van der Waals surface area contributed by atoms with E-state index in [1.165, 1.54) is 37.0 Å². The molecule has 1 aliphatic heterocycles. The van der Waals surface area contributed by atoms with Crippen LogP contribution >= 0.6 is 0 Å². The Labute approximate surface area is 227 Å². The normalized spacial score (nSPS) is 15.3. The number of nitrogens with one attached hydrogen (secondary N) is 2. The average Bonchev–Trinajstić information content (AvgIpc) is 3.59. The second-order valence-electron chi connectivity index (χ2n) is 10.0. The molecular formula is C32H31FN6. The maximum Gasteiger partial charge on any atom is 0.135 e. The molecule has 0 unspecified atom stereocenters. The Hall–Kier alpha value is -4.36. The molecule has 0 radical (unpaired) electrons. The van der Waals surface area contributed by atoms with Crippen molar-refractivity contribution in [3.05, 3.63) is 96.7 Å². The monoisotopic (exact) mass is 518 g/mol. The molecule has 196 valence electrons. The van der Waals surface area contributed by atoms with Gasteiger partial charge in [-0.3, -0.25) is 15.0 Å². The van der Waals surface area contributed by atoms with Gasteiger partial charge in [0.05, 0.1) is 28.6 Å². The van der Waals surface area contributed by atoms with Crippen molar-refractivity contribution in [2.24, 2.45) is 0 Å². The summed E-state index contributed by atoms with van der Waals surface area (Å²) < 4.78 is 13.9. The highest BCUT2D eigenvalue weighted by Gasteiger charge is 2.17. The minimum Gasteiger partial charge on any atom is -0.352 e. The Morgan fingerprint density at radius 2 is 1.95 bits per heavy atom. The third-order valence-electron chi connectivity index (χ3n) is 7.41. The third kappa shape index (κ3) is 5.05. The Balaban J connectivity index is 1.37. The van der Waals surface area contributed by atoms with Crippen LogP contribution in [0.4, 0.5) is 4.39 Å². The molecule has 1 aliphatic rings. The average molecular weight is 519 g/mol. The lowest BCUT2D eigenvalue weighted by molar-refractivity contribution is 0.248. The highest BCUT2D eigenvalue weighted by Crippen LogP contribution is 2.33. The van der Waals surface area contributed by atoms with E-state index in [4.69, 9.17) is 4.98 Å². The minimum atomic E-state index is -0.278. The molecule has 1 fully saturated rings. The number of hydrogen-bond acceptors (Lipinski definition) is 4. The molecule has 4 aromatic heterocycles. The number of allylic oxidation sites excluding steroid dienone is 3. The van der Waals surface area contributed by atoms with Crippen molar-refractivity contribution in [2.75, 3.05) is 19.6 Å². The van der Waals surface area contributed by atoms with E-state index in [-0.39, 0.29) is 5.82 Å². The van der Waals surface area contributed by atoms with E-state index >= 15 is 0 Å². The topological polar surface area (TPSA) is 73.5 Å². The predicted octanol–water partition coefficient (Wildman–Crippen LogP) is 7.31. The lowest BCUT2D eigenvalue weighted by atomic mass is 10.0. The van der Waals surface area contributed by atoms with Crippen molar-refractivity contribution >= 4 is 27.5 Å². The van der Waals surface area contributed by atoms with Crippen molar-refractivity contribution in [3.63, 3.8) is 0 Å². The molecule has 5 aromatic rings. The summed E-state index contributed by atoms with van der Waals surface area (Å²) in [5.41, 5.74) is 8.78. The standard InChI is InChI=1S/C32H31FN6/c1-3-21(20-39-13-6-5-7-14-39)15-22(4-2)27-11-12-28-31(36-27)32(38-37-28)29-17-25-26(18-34-19-30(25)35-29)23-9-8-10-24(33)16-23/h3-4,8-12,15-19,35H,1,5-7,13-14,20H2,2H3,(H,37,38)/b21-15+,22-4+. The molecule has 5 heterocycles. The highest BCUT2D eigenvalue weighted by molar-refractivity contribution is 6.00. The quantitative estimate of drug-likeness (QED) is 0.222. The van der Waals surface area contributed by atoms with E-state index in [9.17, 15) is 4.39 Å². The van der Waals surface area contributed by atoms with Crippen LogP contribution in [0.1, 0.15) is 31.9 Å². The molecule has 0 amide bonds. The number of rotatable bonds is 7. The number of benzene rings is 1. The first-order valence-corrected chi connectivity index (χ1v) is 13.4. The van der Waals surface area contributed by atoms with Gasteiger partial charge in [0.1, 0.15) is 17.0 Å². The van der Waals surface area contributed by atoms with Crippen molar-refractivity contribution < 1.29 is 4.39 Å². The Bertz CT molecular complexity index is 1720. The second kappa shape index (κ2) is 10.8. The number of halogens is 1. The maximum atomic E-state index is 13.9. The van der Waals surface area contributed by atoms with Gasteiger partial charge in [0.15, 0.2) is 0 Å². The van der Waals surface area contributed by atoms with Crippen molar-refractivity contribution in [2.45, 2.75) is 26.2 Å². The molecule has 1 saturated heterocycles. The van der Waals surface area contributed by atoms with Gasteiger partial charge < -0.3 is 4.98 Å². The van der Waals surface area contributed by atoms with Crippen LogP contribution in [0.3, 0.4) is 0 Å². The van der Waals surface area contributed by atoms with Crippen LogP contribution in [0.15, 0.2) is 85.2 Å². The van der Waals surface area contributed by atoms with Gasteiger partial charge in [0, 0.05) is 23.7 Å². The number of nitrogens with zero attached hydrogens (tertiary/aromatic N) is 4. The first-order valence-electron chi connectivity index (χ1n) is 13.4. The fourth-order valence-corrected chi connectivity index (χ4v) is 5.36. The lowest BCUT2D eigenvalue weighted by Gasteiger charge is -2.26. The minimum absolute atomic E-state index is 0.278. The maximum absolute atomic E-state index is 13.9. The summed E-state index contributed by atoms with van der Waals surface area (Å²) in [6, 6.07) is 12.6. The van der Waals surface area contributed by atoms with Gasteiger partial charge in [-0.15, -0.1) is 0 Å². The van der Waals surface area contributed by atoms with E-state index in [1.807, 2.05) is 37.3 Å². The molecular weight excluding hydrogens is 487 g/mol. The fraction of sp³-hybridized carbons (Fsp3) is 0.219. The molecule has 0 atom stereocenters. The fourth-order valence-electron chi connectivity index (χ4n) is 5.36. The van der Waals surface area contributed by atoms with Gasteiger partial charge in [0.25, 0.3) is 0 Å². The van der Waals surface area contributed by atoms with Gasteiger partial charge in [0.2, 0.25) is 0 Å². The van der Waals surface area contributed by atoms with Crippen LogP contribution < -0.4 is 0 Å². The zero-order valence-electron chi connectivity index (χ0n) is 22.0. The molecule has 39 heavy (non-hydrogen) atoms. The van der Waals surface area contributed by atoms with Gasteiger partial charge in [-0.25, -0.2) is 9.37 Å². The number of aromatic amines is 2. The molecule has 1 aromatic carbocycles. The number of pyridine rings is 2. The molecule has 7 heteroatoms. The third-order valence-corrected chi connectivity index (χ3v) is 7.41. The summed E-state index contributed by atoms with van der Waals surface area (Å²) in [6.45, 7) is 9.28. The smallest absolute Gasteiger partial charge is 0.135 e. The Kier molecular flexibility index (Phi) is 6.90. The number of hydrogen-bond donors (Lipinski definition) is 2. The van der Waals surface area contributed by atoms with Gasteiger partial charge >= 0.3 is 0 Å². The zero-order valence-corrected chi connectivity index (χ0v) is 22.0. The first-order chi connectivity index (χ1) is 19.1. The number of H-pyrrole nitrogens is 2.